The first kappa shape index (κ1) is 19.5. The largest absolute Gasteiger partial charge is 0.463 e. The summed E-state index contributed by atoms with van der Waals surface area (Å²) in [6, 6.07) is 9.11. The van der Waals surface area contributed by atoms with E-state index in [1.165, 1.54) is 0 Å². The standard InChI is InChI=1S/C19H25NO4/c1-3-5-12-17(15-23-18(21)13-6-4-2)20-19(22)24-14-16-10-8-7-9-11-16/h3-4,7-11,17H,1-2,5-6,12-15H2,(H,20,22)/t17-/m1/s1. The monoisotopic (exact) mass is 331 g/mol. The van der Waals surface area contributed by atoms with E-state index in [0.29, 0.717) is 19.3 Å². The van der Waals surface area contributed by atoms with Gasteiger partial charge in [-0.3, -0.25) is 4.79 Å². The van der Waals surface area contributed by atoms with Crippen LogP contribution in [0.5, 0.6) is 0 Å². The Kier molecular flexibility index (Phi) is 9.69. The summed E-state index contributed by atoms with van der Waals surface area (Å²) in [4.78, 5) is 23.4. The molecule has 1 N–H and O–H groups in total. The zero-order valence-electron chi connectivity index (χ0n) is 13.9. The lowest BCUT2D eigenvalue weighted by Crippen LogP contribution is -2.39. The Morgan fingerprint density at radius 1 is 1.08 bits per heavy atom. The van der Waals surface area contributed by atoms with E-state index in [1.54, 1.807) is 12.2 Å². The number of hydrogen-bond acceptors (Lipinski definition) is 4. The molecule has 0 aliphatic carbocycles. The van der Waals surface area contributed by atoms with Crippen LogP contribution in [0.25, 0.3) is 0 Å². The van der Waals surface area contributed by atoms with Crippen LogP contribution in [0.1, 0.15) is 31.2 Å². The van der Waals surface area contributed by atoms with Crippen molar-refractivity contribution in [2.24, 2.45) is 0 Å². The minimum atomic E-state index is -0.532. The van der Waals surface area contributed by atoms with Crippen molar-refractivity contribution in [3.05, 3.63) is 61.2 Å². The van der Waals surface area contributed by atoms with E-state index in [0.717, 1.165) is 5.56 Å². The van der Waals surface area contributed by atoms with Gasteiger partial charge in [0.1, 0.15) is 13.2 Å². The molecule has 5 heteroatoms. The van der Waals surface area contributed by atoms with Crippen molar-refractivity contribution in [3.8, 4) is 0 Å². The molecule has 0 fully saturated rings. The maximum absolute atomic E-state index is 11.9. The van der Waals surface area contributed by atoms with Crippen molar-refractivity contribution in [1.82, 2.24) is 5.32 Å². The van der Waals surface area contributed by atoms with E-state index < -0.39 is 6.09 Å². The van der Waals surface area contributed by atoms with Crippen molar-refractivity contribution in [2.45, 2.75) is 38.3 Å². The van der Waals surface area contributed by atoms with Gasteiger partial charge < -0.3 is 14.8 Å². The normalized spacial score (nSPS) is 11.2. The van der Waals surface area contributed by atoms with E-state index in [2.05, 4.69) is 18.5 Å². The molecular weight excluding hydrogens is 306 g/mol. The average molecular weight is 331 g/mol. The summed E-state index contributed by atoms with van der Waals surface area (Å²) in [6.45, 7) is 7.53. The van der Waals surface area contributed by atoms with E-state index in [1.807, 2.05) is 30.3 Å². The molecule has 1 aromatic carbocycles. The van der Waals surface area contributed by atoms with Gasteiger partial charge in [0, 0.05) is 6.42 Å². The van der Waals surface area contributed by atoms with Crippen LogP contribution >= 0.6 is 0 Å². The number of hydrogen-bond donors (Lipinski definition) is 1. The SMILES string of the molecule is C=CCCC(=O)OC[C@@H](CCC=C)NC(=O)OCc1ccccc1. The minimum Gasteiger partial charge on any atom is -0.463 e. The molecule has 0 aromatic heterocycles. The van der Waals surface area contributed by atoms with Crippen LogP contribution in [0.3, 0.4) is 0 Å². The van der Waals surface area contributed by atoms with Gasteiger partial charge in [0.25, 0.3) is 0 Å². The highest BCUT2D eigenvalue weighted by atomic mass is 16.6. The predicted octanol–water partition coefficient (Wildman–Crippen LogP) is 3.76. The summed E-state index contributed by atoms with van der Waals surface area (Å²) in [6.07, 6.45) is 5.07. The predicted molar refractivity (Wildman–Crippen MR) is 93.4 cm³/mol. The number of nitrogens with one attached hydrogen (secondary N) is 1. The number of carbonyl (C=O) groups is 2. The number of esters is 1. The third-order valence-corrected chi connectivity index (χ3v) is 3.25. The van der Waals surface area contributed by atoms with Crippen LogP contribution in [-0.2, 0) is 20.9 Å². The van der Waals surface area contributed by atoms with Gasteiger partial charge in [-0.2, -0.15) is 0 Å². The van der Waals surface area contributed by atoms with Crippen LogP contribution in [0, 0.1) is 0 Å². The zero-order valence-corrected chi connectivity index (χ0v) is 13.9. The van der Waals surface area contributed by atoms with Gasteiger partial charge in [0.15, 0.2) is 0 Å². The topological polar surface area (TPSA) is 64.6 Å². The molecule has 1 atom stereocenters. The third-order valence-electron chi connectivity index (χ3n) is 3.25. The number of amides is 1. The molecule has 0 saturated heterocycles. The number of rotatable bonds is 11. The molecular formula is C19H25NO4. The second-order valence-electron chi connectivity index (χ2n) is 5.28. The summed E-state index contributed by atoms with van der Waals surface area (Å²) in [5, 5.41) is 2.73. The number of benzene rings is 1. The molecule has 1 rings (SSSR count). The molecule has 0 unspecified atom stereocenters. The zero-order chi connectivity index (χ0) is 17.6. The van der Waals surface area contributed by atoms with Gasteiger partial charge in [-0.25, -0.2) is 4.79 Å². The van der Waals surface area contributed by atoms with Crippen LogP contribution < -0.4 is 5.32 Å². The summed E-state index contributed by atoms with van der Waals surface area (Å²) < 4.78 is 10.4. The van der Waals surface area contributed by atoms with E-state index >= 15 is 0 Å². The first-order valence-electron chi connectivity index (χ1n) is 8.00. The van der Waals surface area contributed by atoms with Crippen LogP contribution in [0.15, 0.2) is 55.6 Å². The van der Waals surface area contributed by atoms with Crippen LogP contribution in [0.2, 0.25) is 0 Å². The van der Waals surface area contributed by atoms with Crippen molar-refractivity contribution >= 4 is 12.1 Å². The molecule has 1 amide bonds. The Morgan fingerprint density at radius 2 is 1.79 bits per heavy atom. The Balaban J connectivity index is 2.39. The summed E-state index contributed by atoms with van der Waals surface area (Å²) in [5.41, 5.74) is 0.908. The second-order valence-corrected chi connectivity index (χ2v) is 5.28. The maximum Gasteiger partial charge on any atom is 0.407 e. The van der Waals surface area contributed by atoms with Crippen molar-refractivity contribution in [1.29, 1.82) is 0 Å². The van der Waals surface area contributed by atoms with E-state index in [-0.39, 0.29) is 31.6 Å². The number of ether oxygens (including phenoxy) is 2. The Bertz CT molecular complexity index is 527. The number of allylic oxidation sites excluding steroid dienone is 2. The quantitative estimate of drug-likeness (QED) is 0.495. The van der Waals surface area contributed by atoms with Crippen LogP contribution in [-0.4, -0.2) is 24.7 Å². The molecule has 0 spiro atoms. The fourth-order valence-electron chi connectivity index (χ4n) is 1.93. The smallest absolute Gasteiger partial charge is 0.407 e. The minimum absolute atomic E-state index is 0.115. The lowest BCUT2D eigenvalue weighted by atomic mass is 10.1. The molecule has 0 aliphatic rings. The van der Waals surface area contributed by atoms with Gasteiger partial charge in [-0.1, -0.05) is 42.5 Å². The summed E-state index contributed by atoms with van der Waals surface area (Å²) in [5.74, 6) is -0.307. The second kappa shape index (κ2) is 11.9. The molecule has 130 valence electrons. The molecule has 0 heterocycles. The van der Waals surface area contributed by atoms with Crippen LogP contribution in [0.4, 0.5) is 4.79 Å². The fraction of sp³-hybridized carbons (Fsp3) is 0.368. The lowest BCUT2D eigenvalue weighted by Gasteiger charge is -2.18. The van der Waals surface area contributed by atoms with E-state index in [9.17, 15) is 9.59 Å². The molecule has 0 bridgehead atoms. The number of carbonyl (C=O) groups excluding carboxylic acids is 2. The first-order valence-corrected chi connectivity index (χ1v) is 8.00. The molecule has 0 aliphatic heterocycles. The highest BCUT2D eigenvalue weighted by Gasteiger charge is 2.15. The van der Waals surface area contributed by atoms with Crippen molar-refractivity contribution in [3.63, 3.8) is 0 Å². The highest BCUT2D eigenvalue weighted by molar-refractivity contribution is 5.70. The van der Waals surface area contributed by atoms with Crippen molar-refractivity contribution < 1.29 is 19.1 Å². The van der Waals surface area contributed by atoms with Gasteiger partial charge in [-0.15, -0.1) is 13.2 Å². The summed E-state index contributed by atoms with van der Waals surface area (Å²) >= 11 is 0. The molecule has 0 saturated carbocycles. The van der Waals surface area contributed by atoms with Gasteiger partial charge in [-0.05, 0) is 24.8 Å². The Hall–Kier alpha value is -2.56. The molecule has 1 aromatic rings. The Morgan fingerprint density at radius 3 is 2.46 bits per heavy atom. The first-order chi connectivity index (χ1) is 11.7. The molecule has 0 radical (unpaired) electrons. The van der Waals surface area contributed by atoms with Gasteiger partial charge >= 0.3 is 12.1 Å². The molecule has 5 nitrogen and oxygen atoms in total. The summed E-state index contributed by atoms with van der Waals surface area (Å²) in [7, 11) is 0. The van der Waals surface area contributed by atoms with Gasteiger partial charge in [0.05, 0.1) is 6.04 Å². The highest BCUT2D eigenvalue weighted by Crippen LogP contribution is 2.04. The molecule has 24 heavy (non-hydrogen) atoms. The van der Waals surface area contributed by atoms with Gasteiger partial charge in [0.2, 0.25) is 0 Å². The number of alkyl carbamates (subject to hydrolysis) is 1. The Labute approximate surface area is 143 Å². The third kappa shape index (κ3) is 8.78. The fourth-order valence-corrected chi connectivity index (χ4v) is 1.93. The maximum atomic E-state index is 11.9. The van der Waals surface area contributed by atoms with Crippen molar-refractivity contribution in [2.75, 3.05) is 6.61 Å². The lowest BCUT2D eigenvalue weighted by molar-refractivity contribution is -0.144. The van der Waals surface area contributed by atoms with E-state index in [4.69, 9.17) is 9.47 Å². The average Bonchev–Trinajstić information content (AvgIpc) is 2.61.